The minimum atomic E-state index is 0.271. The van der Waals surface area contributed by atoms with Gasteiger partial charge in [0.1, 0.15) is 5.78 Å². The lowest BCUT2D eigenvalue weighted by Crippen LogP contribution is -2.28. The first kappa shape index (κ1) is 24.0. The molecule has 1 aromatic carbocycles. The Balaban J connectivity index is 1.27. The van der Waals surface area contributed by atoms with Gasteiger partial charge in [-0.25, -0.2) is 0 Å². The highest BCUT2D eigenvalue weighted by Gasteiger charge is 2.33. The number of aliphatic imine (C=N–C) groups is 1. The van der Waals surface area contributed by atoms with E-state index in [2.05, 4.69) is 61.5 Å². The number of hydrogen-bond donors (Lipinski definition) is 0. The molecule has 2 aliphatic carbocycles. The lowest BCUT2D eigenvalue weighted by atomic mass is 9.74. The Hall–Kier alpha value is -2.16. The highest BCUT2D eigenvalue weighted by molar-refractivity contribution is 6.02. The number of rotatable bonds is 6. The van der Waals surface area contributed by atoms with Gasteiger partial charge in [0.15, 0.2) is 0 Å². The predicted molar refractivity (Wildman–Crippen MR) is 139 cm³/mol. The van der Waals surface area contributed by atoms with E-state index in [0.29, 0.717) is 17.6 Å². The molecule has 4 rings (SSSR count). The molecule has 2 fully saturated rings. The molecule has 3 heteroatoms. The van der Waals surface area contributed by atoms with Crippen LogP contribution in [0.1, 0.15) is 75.3 Å². The van der Waals surface area contributed by atoms with Crippen molar-refractivity contribution in [3.05, 3.63) is 59.3 Å². The van der Waals surface area contributed by atoms with Crippen molar-refractivity contribution in [2.24, 2.45) is 28.7 Å². The van der Waals surface area contributed by atoms with Gasteiger partial charge in [0.25, 0.3) is 0 Å². The van der Waals surface area contributed by atoms with Crippen molar-refractivity contribution in [3.63, 3.8) is 0 Å². The van der Waals surface area contributed by atoms with Crippen molar-refractivity contribution in [2.75, 3.05) is 20.6 Å². The fourth-order valence-corrected chi connectivity index (χ4v) is 6.21. The molecule has 0 aromatic heterocycles. The Morgan fingerprint density at radius 3 is 2.24 bits per heavy atom. The zero-order chi connectivity index (χ0) is 23.2. The van der Waals surface area contributed by atoms with Gasteiger partial charge in [-0.05, 0) is 94.0 Å². The lowest BCUT2D eigenvalue weighted by Gasteiger charge is -2.30. The highest BCUT2D eigenvalue weighted by Crippen LogP contribution is 2.38. The maximum Gasteiger partial charge on any atom is 0.139 e. The Bertz CT molecular complexity index is 886. The van der Waals surface area contributed by atoms with Gasteiger partial charge in [0.2, 0.25) is 0 Å². The van der Waals surface area contributed by atoms with E-state index in [4.69, 9.17) is 4.99 Å². The molecule has 1 aliphatic heterocycles. The minimum Gasteiger partial charge on any atom is -0.377 e. The van der Waals surface area contributed by atoms with Crippen molar-refractivity contribution in [2.45, 2.75) is 71.1 Å². The molecule has 2 saturated carbocycles. The Morgan fingerprint density at radius 2 is 1.58 bits per heavy atom. The predicted octanol–water partition coefficient (Wildman–Crippen LogP) is 6.76. The molecule has 178 valence electrons. The number of allylic oxidation sites excluding steroid dienone is 2. The summed E-state index contributed by atoms with van der Waals surface area (Å²) in [6.07, 6.45) is 18.2. The van der Waals surface area contributed by atoms with Gasteiger partial charge in [-0.3, -0.25) is 9.79 Å². The molecule has 33 heavy (non-hydrogen) atoms. The van der Waals surface area contributed by atoms with E-state index < -0.39 is 0 Å². The van der Waals surface area contributed by atoms with E-state index in [1.54, 1.807) is 0 Å². The summed E-state index contributed by atoms with van der Waals surface area (Å²) in [5, 5.41) is 0. The first-order valence-corrected chi connectivity index (χ1v) is 13.2. The maximum absolute atomic E-state index is 13.4. The topological polar surface area (TPSA) is 32.7 Å². The first-order chi connectivity index (χ1) is 16.0. The van der Waals surface area contributed by atoms with Crippen molar-refractivity contribution >= 4 is 11.5 Å². The molecule has 0 radical (unpaired) electrons. The van der Waals surface area contributed by atoms with Gasteiger partial charge >= 0.3 is 0 Å². The number of carbonyl (C=O) groups excluding carboxylic acids is 1. The van der Waals surface area contributed by atoms with E-state index in [1.807, 2.05) is 7.05 Å². The molecule has 0 N–H and O–H groups in total. The number of nitrogens with zero attached hydrogens (tertiary/aromatic N) is 2. The zero-order valence-corrected chi connectivity index (χ0v) is 20.9. The van der Waals surface area contributed by atoms with Crippen LogP contribution in [-0.4, -0.2) is 37.0 Å². The second-order valence-corrected chi connectivity index (χ2v) is 10.7. The van der Waals surface area contributed by atoms with E-state index in [1.165, 1.54) is 41.7 Å². The maximum atomic E-state index is 13.4. The van der Waals surface area contributed by atoms with Gasteiger partial charge in [-0.15, -0.1) is 0 Å². The van der Waals surface area contributed by atoms with Crippen LogP contribution in [-0.2, 0) is 4.79 Å². The number of benzene rings is 1. The molecule has 2 unspecified atom stereocenters. The van der Waals surface area contributed by atoms with Crippen molar-refractivity contribution in [1.29, 1.82) is 0 Å². The summed E-state index contributed by atoms with van der Waals surface area (Å²) in [6.45, 7) is 3.15. The number of ketones is 1. The lowest BCUT2D eigenvalue weighted by molar-refractivity contribution is -0.128. The smallest absolute Gasteiger partial charge is 0.139 e. The minimum absolute atomic E-state index is 0.271. The molecule has 0 amide bonds. The molecule has 2 atom stereocenters. The van der Waals surface area contributed by atoms with Crippen LogP contribution in [0.2, 0.25) is 0 Å². The number of Topliss-reactive ketones (excluding diaryl/α,β-unsaturated/α-hetero) is 1. The fourth-order valence-electron chi connectivity index (χ4n) is 6.21. The van der Waals surface area contributed by atoms with Crippen LogP contribution in [0.25, 0.3) is 0 Å². The van der Waals surface area contributed by atoms with Crippen LogP contribution in [0, 0.1) is 30.6 Å². The average Bonchev–Trinajstić information content (AvgIpc) is 3.09. The molecule has 3 aliphatic rings. The molecule has 1 heterocycles. The Kier molecular flexibility index (Phi) is 8.22. The van der Waals surface area contributed by atoms with E-state index in [9.17, 15) is 4.79 Å². The fraction of sp³-hybridized carbons (Fsp3) is 0.600. The average molecular weight is 447 g/mol. The number of hydrogen-bond acceptors (Lipinski definition) is 3. The summed E-state index contributed by atoms with van der Waals surface area (Å²) < 4.78 is 0. The normalized spacial score (nSPS) is 28.9. The SMILES string of the molecule is CN=C(c1ccc(C)cc1)C1CCCC(C(=O)C2CCC(CC3=CCN(C)C=C3)CC2)CC1. The first-order valence-electron chi connectivity index (χ1n) is 13.2. The summed E-state index contributed by atoms with van der Waals surface area (Å²) in [6, 6.07) is 8.78. The van der Waals surface area contributed by atoms with Crippen LogP contribution in [0.3, 0.4) is 0 Å². The highest BCUT2D eigenvalue weighted by atomic mass is 16.1. The Morgan fingerprint density at radius 1 is 0.939 bits per heavy atom. The summed E-state index contributed by atoms with van der Waals surface area (Å²) in [4.78, 5) is 20.3. The molecular formula is C30H42N2O. The van der Waals surface area contributed by atoms with Crippen LogP contribution in [0.15, 0.2) is 53.2 Å². The molecule has 1 aromatic rings. The van der Waals surface area contributed by atoms with Crippen LogP contribution < -0.4 is 0 Å². The second kappa shape index (κ2) is 11.3. The molecule has 0 saturated heterocycles. The van der Waals surface area contributed by atoms with Crippen LogP contribution in [0.4, 0.5) is 0 Å². The number of carbonyl (C=O) groups is 1. The van der Waals surface area contributed by atoms with Crippen LogP contribution >= 0.6 is 0 Å². The molecule has 3 nitrogen and oxygen atoms in total. The van der Waals surface area contributed by atoms with Gasteiger partial charge in [-0.2, -0.15) is 0 Å². The third-order valence-electron chi connectivity index (χ3n) is 8.30. The molecule has 0 spiro atoms. The summed E-state index contributed by atoms with van der Waals surface area (Å²) in [7, 11) is 4.05. The quantitative estimate of drug-likeness (QED) is 0.357. The van der Waals surface area contributed by atoms with Gasteiger partial charge in [0.05, 0.1) is 0 Å². The Labute approximate surface area is 201 Å². The zero-order valence-electron chi connectivity index (χ0n) is 20.9. The van der Waals surface area contributed by atoms with E-state index in [0.717, 1.165) is 57.4 Å². The number of aryl methyl sites for hydroxylation is 1. The van der Waals surface area contributed by atoms with Gasteiger partial charge in [-0.1, -0.05) is 42.3 Å². The summed E-state index contributed by atoms with van der Waals surface area (Å²) in [5.41, 5.74) is 5.27. The van der Waals surface area contributed by atoms with Gasteiger partial charge < -0.3 is 4.90 Å². The van der Waals surface area contributed by atoms with E-state index >= 15 is 0 Å². The molecular weight excluding hydrogens is 404 g/mol. The molecule has 0 bridgehead atoms. The van der Waals surface area contributed by atoms with Gasteiger partial charge in [0, 0.05) is 44.1 Å². The number of likely N-dealkylation sites (N-methyl/N-ethyl adjacent to an activating group) is 1. The third kappa shape index (κ3) is 6.25. The largest absolute Gasteiger partial charge is 0.377 e. The van der Waals surface area contributed by atoms with Crippen molar-refractivity contribution in [3.8, 4) is 0 Å². The second-order valence-electron chi connectivity index (χ2n) is 10.7. The standard InChI is InChI=1S/C30H42N2O/c1-22-7-11-26(12-8-22)29(31-2)25-5-4-6-27(16-15-25)30(33)28-13-9-23(10-14-28)21-24-17-19-32(3)20-18-24/h7-8,11-12,17-19,23,25,27-28H,4-6,9-10,13-16,20-21H2,1-3H3. The van der Waals surface area contributed by atoms with E-state index in [-0.39, 0.29) is 5.92 Å². The summed E-state index contributed by atoms with van der Waals surface area (Å²) in [5.74, 6) is 2.40. The van der Waals surface area contributed by atoms with Crippen molar-refractivity contribution in [1.82, 2.24) is 4.90 Å². The van der Waals surface area contributed by atoms with Crippen molar-refractivity contribution < 1.29 is 4.79 Å². The monoisotopic (exact) mass is 446 g/mol. The third-order valence-corrected chi connectivity index (χ3v) is 8.30. The summed E-state index contributed by atoms with van der Waals surface area (Å²) >= 11 is 0. The van der Waals surface area contributed by atoms with Crippen LogP contribution in [0.5, 0.6) is 0 Å².